The number of hydrogen-bond acceptors (Lipinski definition) is 2. The third-order valence-electron chi connectivity index (χ3n) is 10.8. The Morgan fingerprint density at radius 2 is 0.925 bits per heavy atom. The zero-order valence-corrected chi connectivity index (χ0v) is 28.7. The van der Waals surface area contributed by atoms with Gasteiger partial charge in [0.1, 0.15) is 0 Å². The van der Waals surface area contributed by atoms with E-state index < -0.39 is 0 Å². The quantitative estimate of drug-likeness (QED) is 0.174. The van der Waals surface area contributed by atoms with E-state index in [0.29, 0.717) is 5.82 Å². The Morgan fingerprint density at radius 3 is 1.77 bits per heavy atom. The predicted molar refractivity (Wildman–Crippen MR) is 223 cm³/mol. The van der Waals surface area contributed by atoms with E-state index >= 15 is 0 Å². The molecule has 0 atom stereocenters. The van der Waals surface area contributed by atoms with Gasteiger partial charge in [-0.3, -0.25) is 0 Å². The molecule has 53 heavy (non-hydrogen) atoms. The lowest BCUT2D eigenvalue weighted by Gasteiger charge is -2.12. The number of fused-ring (bicyclic) bond motifs is 10. The molecule has 0 saturated heterocycles. The molecule has 0 amide bonds. The molecule has 2 aromatic heterocycles. The Bertz CT molecular complexity index is 3190. The standard InChI is InChI=1S/C50H31N3/c1-2-10-32(11-3-1)33-18-22-36(23-19-33)49-42-14-6-8-16-44(42)51-50(52-49)37-24-27-38(28-25-37)53-45-17-9-7-15-43(45)48-41-29-26-35-21-20-34-12-4-5-13-39(34)47(35)40(41)30-31-46(48)53/h1-31H. The number of rotatable bonds is 4. The molecule has 11 rings (SSSR count). The van der Waals surface area contributed by atoms with Crippen LogP contribution >= 0.6 is 0 Å². The number of nitrogens with zero attached hydrogens (tertiary/aromatic N) is 3. The Hall–Kier alpha value is -7.10. The summed E-state index contributed by atoms with van der Waals surface area (Å²) in [6, 6.07) is 67.3. The summed E-state index contributed by atoms with van der Waals surface area (Å²) in [5.41, 5.74) is 9.77. The summed E-state index contributed by atoms with van der Waals surface area (Å²) in [5.74, 6) is 0.713. The SMILES string of the molecule is c1ccc(-c2ccc(-c3nc(-c4ccc(-n5c6ccccc6c6c7ccc8ccc9ccccc9c8c7ccc65)cc4)nc4ccccc34)cc2)cc1. The van der Waals surface area contributed by atoms with Gasteiger partial charge in [-0.15, -0.1) is 0 Å². The monoisotopic (exact) mass is 673 g/mol. The van der Waals surface area contributed by atoms with E-state index in [1.807, 2.05) is 12.1 Å². The molecular weight excluding hydrogens is 643 g/mol. The normalized spacial score (nSPS) is 11.8. The molecule has 0 bridgehead atoms. The van der Waals surface area contributed by atoms with Crippen LogP contribution in [0.5, 0.6) is 0 Å². The van der Waals surface area contributed by atoms with E-state index in [1.165, 1.54) is 65.3 Å². The van der Waals surface area contributed by atoms with Gasteiger partial charge in [-0.25, -0.2) is 9.97 Å². The summed E-state index contributed by atoms with van der Waals surface area (Å²) in [5, 5.41) is 11.2. The molecule has 0 fully saturated rings. The largest absolute Gasteiger partial charge is 0.309 e. The van der Waals surface area contributed by atoms with Crippen molar-refractivity contribution in [1.82, 2.24) is 14.5 Å². The maximum absolute atomic E-state index is 5.20. The van der Waals surface area contributed by atoms with Gasteiger partial charge < -0.3 is 4.57 Å². The average molecular weight is 674 g/mol. The fourth-order valence-corrected chi connectivity index (χ4v) is 8.29. The van der Waals surface area contributed by atoms with Crippen molar-refractivity contribution in [3.63, 3.8) is 0 Å². The van der Waals surface area contributed by atoms with Crippen molar-refractivity contribution in [2.45, 2.75) is 0 Å². The van der Waals surface area contributed by atoms with Crippen LogP contribution in [0.25, 0.3) is 104 Å². The Kier molecular flexibility index (Phi) is 6.55. The second kappa shape index (κ2) is 11.7. The maximum atomic E-state index is 5.20. The first-order chi connectivity index (χ1) is 26.3. The van der Waals surface area contributed by atoms with Crippen LogP contribution < -0.4 is 0 Å². The van der Waals surface area contributed by atoms with Crippen LogP contribution in [0, 0.1) is 0 Å². The smallest absolute Gasteiger partial charge is 0.160 e. The van der Waals surface area contributed by atoms with Crippen LogP contribution in [0.2, 0.25) is 0 Å². The topological polar surface area (TPSA) is 30.7 Å². The first kappa shape index (κ1) is 29.6. The molecule has 11 aromatic rings. The molecular formula is C50H31N3. The zero-order valence-electron chi connectivity index (χ0n) is 28.7. The van der Waals surface area contributed by atoms with Crippen molar-refractivity contribution in [2.24, 2.45) is 0 Å². The highest BCUT2D eigenvalue weighted by Crippen LogP contribution is 2.41. The van der Waals surface area contributed by atoms with E-state index in [4.69, 9.17) is 9.97 Å². The Labute approximate surface area is 306 Å². The van der Waals surface area contributed by atoms with Crippen LogP contribution in [0.15, 0.2) is 188 Å². The lowest BCUT2D eigenvalue weighted by molar-refractivity contribution is 1.17. The number of aromatic nitrogens is 3. The van der Waals surface area contributed by atoms with Crippen molar-refractivity contribution < 1.29 is 0 Å². The highest BCUT2D eigenvalue weighted by Gasteiger charge is 2.17. The molecule has 246 valence electrons. The lowest BCUT2D eigenvalue weighted by atomic mass is 9.94. The second-order valence-electron chi connectivity index (χ2n) is 13.8. The van der Waals surface area contributed by atoms with E-state index in [0.717, 1.165) is 33.4 Å². The fraction of sp³-hybridized carbons (Fsp3) is 0. The number of benzene rings is 9. The van der Waals surface area contributed by atoms with Crippen LogP contribution in [0.1, 0.15) is 0 Å². The van der Waals surface area contributed by atoms with Crippen LogP contribution in [-0.4, -0.2) is 14.5 Å². The van der Waals surface area contributed by atoms with Crippen molar-refractivity contribution in [3.05, 3.63) is 188 Å². The van der Waals surface area contributed by atoms with Gasteiger partial charge in [0.25, 0.3) is 0 Å². The molecule has 9 aromatic carbocycles. The van der Waals surface area contributed by atoms with Gasteiger partial charge in [-0.05, 0) is 85.9 Å². The van der Waals surface area contributed by atoms with Crippen molar-refractivity contribution in [3.8, 4) is 39.5 Å². The fourth-order valence-electron chi connectivity index (χ4n) is 8.29. The van der Waals surface area contributed by atoms with Crippen molar-refractivity contribution >= 4 is 65.0 Å². The third-order valence-corrected chi connectivity index (χ3v) is 10.8. The van der Waals surface area contributed by atoms with Gasteiger partial charge in [0.15, 0.2) is 5.82 Å². The molecule has 0 spiro atoms. The Morgan fingerprint density at radius 1 is 0.321 bits per heavy atom. The highest BCUT2D eigenvalue weighted by molar-refractivity contribution is 6.29. The van der Waals surface area contributed by atoms with Gasteiger partial charge >= 0.3 is 0 Å². The van der Waals surface area contributed by atoms with Crippen LogP contribution in [0.4, 0.5) is 0 Å². The van der Waals surface area contributed by atoms with Crippen LogP contribution in [-0.2, 0) is 0 Å². The third kappa shape index (κ3) is 4.68. The molecule has 0 aliphatic heterocycles. The minimum absolute atomic E-state index is 0.713. The first-order valence-electron chi connectivity index (χ1n) is 18.1. The lowest BCUT2D eigenvalue weighted by Crippen LogP contribution is -1.97. The second-order valence-corrected chi connectivity index (χ2v) is 13.8. The summed E-state index contributed by atoms with van der Waals surface area (Å²) in [7, 11) is 0. The van der Waals surface area contributed by atoms with Crippen molar-refractivity contribution in [2.75, 3.05) is 0 Å². The van der Waals surface area contributed by atoms with Gasteiger partial charge in [0.05, 0.1) is 22.2 Å². The summed E-state index contributed by atoms with van der Waals surface area (Å²) in [6.45, 7) is 0. The molecule has 0 aliphatic rings. The minimum Gasteiger partial charge on any atom is -0.309 e. The average Bonchev–Trinajstić information content (AvgIpc) is 3.58. The molecule has 2 heterocycles. The summed E-state index contributed by atoms with van der Waals surface area (Å²) in [6.07, 6.45) is 0. The first-order valence-corrected chi connectivity index (χ1v) is 18.1. The summed E-state index contributed by atoms with van der Waals surface area (Å²) >= 11 is 0. The molecule has 0 unspecified atom stereocenters. The predicted octanol–water partition coefficient (Wildman–Crippen LogP) is 13.2. The van der Waals surface area contributed by atoms with E-state index in [9.17, 15) is 0 Å². The zero-order chi connectivity index (χ0) is 34.9. The Balaban J connectivity index is 1.05. The highest BCUT2D eigenvalue weighted by atomic mass is 15.0. The van der Waals surface area contributed by atoms with Gasteiger partial charge in [-0.2, -0.15) is 0 Å². The maximum Gasteiger partial charge on any atom is 0.160 e. The minimum atomic E-state index is 0.713. The molecule has 0 saturated carbocycles. The molecule has 3 heteroatoms. The van der Waals surface area contributed by atoms with Crippen molar-refractivity contribution in [1.29, 1.82) is 0 Å². The number of para-hydroxylation sites is 2. The molecule has 0 aliphatic carbocycles. The molecule has 0 N–H and O–H groups in total. The number of hydrogen-bond donors (Lipinski definition) is 0. The summed E-state index contributed by atoms with van der Waals surface area (Å²) < 4.78 is 2.39. The van der Waals surface area contributed by atoms with Gasteiger partial charge in [-0.1, -0.05) is 146 Å². The van der Waals surface area contributed by atoms with E-state index in [2.05, 4.69) is 180 Å². The van der Waals surface area contributed by atoms with Gasteiger partial charge in [0, 0.05) is 33.0 Å². The molecule has 0 radical (unpaired) electrons. The molecule has 3 nitrogen and oxygen atoms in total. The van der Waals surface area contributed by atoms with Gasteiger partial charge in [0.2, 0.25) is 0 Å². The van der Waals surface area contributed by atoms with Crippen LogP contribution in [0.3, 0.4) is 0 Å². The van der Waals surface area contributed by atoms with E-state index in [-0.39, 0.29) is 0 Å². The van der Waals surface area contributed by atoms with E-state index in [1.54, 1.807) is 0 Å². The summed E-state index contributed by atoms with van der Waals surface area (Å²) in [4.78, 5) is 10.3.